The van der Waals surface area contributed by atoms with Gasteiger partial charge in [-0.25, -0.2) is 0 Å². The van der Waals surface area contributed by atoms with E-state index in [1.165, 1.54) is 109 Å². The van der Waals surface area contributed by atoms with E-state index in [0.717, 1.165) is 6.42 Å². The van der Waals surface area contributed by atoms with Gasteiger partial charge in [0.05, 0.1) is 0 Å². The Morgan fingerprint density at radius 1 is 0.750 bits per heavy atom. The van der Waals surface area contributed by atoms with E-state index in [1.54, 1.807) is 0 Å². The predicted molar refractivity (Wildman–Crippen MR) is 137 cm³/mol. The molecule has 0 amide bonds. The van der Waals surface area contributed by atoms with Crippen LogP contribution < -0.4 is 5.32 Å². The highest BCUT2D eigenvalue weighted by Gasteiger charge is 2.24. The maximum absolute atomic E-state index is 5.17. The van der Waals surface area contributed by atoms with Gasteiger partial charge in [-0.1, -0.05) is 136 Å². The lowest BCUT2D eigenvalue weighted by molar-refractivity contribution is 0.305. The molecule has 0 aliphatic rings. The molecule has 1 unspecified atom stereocenters. The Bertz CT molecular complexity index is 356. The average molecular weight is 430 g/mol. The monoisotopic (exact) mass is 429 g/mol. The van der Waals surface area contributed by atoms with E-state index in [4.69, 9.17) is 12.2 Å². The molecule has 1 atom stereocenters. The summed E-state index contributed by atoms with van der Waals surface area (Å²) < 4.78 is 0.639. The molecule has 0 bridgehead atoms. The van der Waals surface area contributed by atoms with Crippen LogP contribution in [0.2, 0.25) is 0 Å². The van der Waals surface area contributed by atoms with Crippen molar-refractivity contribution in [1.29, 1.82) is 0 Å². The van der Waals surface area contributed by atoms with E-state index < -0.39 is 0 Å². The van der Waals surface area contributed by atoms with Gasteiger partial charge in [0, 0.05) is 5.54 Å². The molecular formula is C25H51NS2. The molecule has 0 rings (SSSR count). The molecule has 28 heavy (non-hydrogen) atoms. The van der Waals surface area contributed by atoms with E-state index in [1.807, 2.05) is 0 Å². The second-order valence-electron chi connectivity index (χ2n) is 9.64. The molecule has 0 saturated heterocycles. The first-order chi connectivity index (χ1) is 13.4. The Labute approximate surface area is 189 Å². The van der Waals surface area contributed by atoms with Crippen LogP contribution in [0.25, 0.3) is 0 Å². The Hall–Kier alpha value is 0.240. The Morgan fingerprint density at radius 3 is 1.43 bits per heavy atom. The number of hydrogen-bond acceptors (Lipinski definition) is 1. The molecule has 1 nitrogen and oxygen atoms in total. The van der Waals surface area contributed by atoms with Crippen molar-refractivity contribution in [2.24, 2.45) is 5.92 Å². The molecule has 1 N–H and O–H groups in total. The van der Waals surface area contributed by atoms with Crippen molar-refractivity contribution < 1.29 is 0 Å². The minimum absolute atomic E-state index is 0.114. The van der Waals surface area contributed by atoms with E-state index >= 15 is 0 Å². The Balaban J connectivity index is 3.45. The normalized spacial score (nSPS) is 13.6. The fourth-order valence-electron chi connectivity index (χ4n) is 4.44. The second-order valence-corrected chi connectivity index (χ2v) is 10.8. The summed E-state index contributed by atoms with van der Waals surface area (Å²) in [7, 11) is 0. The highest BCUT2D eigenvalue weighted by Crippen LogP contribution is 2.24. The molecule has 0 spiro atoms. The van der Waals surface area contributed by atoms with Crippen LogP contribution in [0.3, 0.4) is 0 Å². The zero-order valence-electron chi connectivity index (χ0n) is 19.7. The van der Waals surface area contributed by atoms with E-state index in [0.29, 0.717) is 10.2 Å². The van der Waals surface area contributed by atoms with Crippen LogP contribution in [-0.4, -0.2) is 9.86 Å². The standard InChI is InChI=1S/C25H51NS2/c1-5-6-7-8-9-10-11-12-13-14-15-16-17-18-19-20-21-25(4,22-23(2)3)26-24(27)28/h23H,5-22H2,1-4H3,(H2,26,27,28). The van der Waals surface area contributed by atoms with Gasteiger partial charge in [0.15, 0.2) is 0 Å². The summed E-state index contributed by atoms with van der Waals surface area (Å²) >= 11 is 9.45. The van der Waals surface area contributed by atoms with Gasteiger partial charge >= 0.3 is 0 Å². The number of unbranched alkanes of at least 4 members (excludes halogenated alkanes) is 15. The molecule has 0 aromatic carbocycles. The Morgan fingerprint density at radius 2 is 1.11 bits per heavy atom. The van der Waals surface area contributed by atoms with Crippen LogP contribution in [0.1, 0.15) is 143 Å². The van der Waals surface area contributed by atoms with Gasteiger partial charge < -0.3 is 5.32 Å². The van der Waals surface area contributed by atoms with E-state index in [2.05, 4.69) is 45.6 Å². The zero-order valence-corrected chi connectivity index (χ0v) is 21.4. The summed E-state index contributed by atoms with van der Waals surface area (Å²) in [6.45, 7) is 9.17. The maximum atomic E-state index is 5.17. The molecule has 0 saturated carbocycles. The van der Waals surface area contributed by atoms with Crippen LogP contribution >= 0.6 is 24.8 Å². The quantitative estimate of drug-likeness (QED) is 0.114. The SMILES string of the molecule is CCCCCCCCCCCCCCCCCCC(C)(CC(C)C)NC(=S)S. The highest BCUT2D eigenvalue weighted by atomic mass is 32.1. The third-order valence-electron chi connectivity index (χ3n) is 5.85. The summed E-state index contributed by atoms with van der Waals surface area (Å²) in [5, 5.41) is 3.44. The molecular weight excluding hydrogens is 378 g/mol. The Kier molecular flexibility index (Phi) is 19.4. The molecule has 0 aromatic heterocycles. The maximum Gasteiger partial charge on any atom is 0.131 e. The van der Waals surface area contributed by atoms with Crippen LogP contribution in [0.5, 0.6) is 0 Å². The second kappa shape index (κ2) is 19.2. The zero-order chi connectivity index (χ0) is 21.1. The third-order valence-corrected chi connectivity index (χ3v) is 6.06. The lowest BCUT2D eigenvalue weighted by Crippen LogP contribution is -2.44. The van der Waals surface area contributed by atoms with Crippen molar-refractivity contribution in [2.45, 2.75) is 149 Å². The molecule has 168 valence electrons. The summed E-state index contributed by atoms with van der Waals surface area (Å²) in [5.74, 6) is 0.682. The summed E-state index contributed by atoms with van der Waals surface area (Å²) in [4.78, 5) is 0. The molecule has 0 aliphatic carbocycles. The summed E-state index contributed by atoms with van der Waals surface area (Å²) in [5.41, 5.74) is 0.114. The van der Waals surface area contributed by atoms with Crippen molar-refractivity contribution in [1.82, 2.24) is 5.32 Å². The van der Waals surface area contributed by atoms with Crippen LogP contribution in [0.15, 0.2) is 0 Å². The minimum atomic E-state index is 0.114. The molecule has 0 aromatic rings. The lowest BCUT2D eigenvalue weighted by Gasteiger charge is -2.33. The first kappa shape index (κ1) is 28.2. The number of hydrogen-bond donors (Lipinski definition) is 2. The van der Waals surface area contributed by atoms with Gasteiger partial charge in [0.25, 0.3) is 0 Å². The summed E-state index contributed by atoms with van der Waals surface area (Å²) in [6, 6.07) is 0. The van der Waals surface area contributed by atoms with Crippen molar-refractivity contribution in [2.75, 3.05) is 0 Å². The number of thiol groups is 1. The van der Waals surface area contributed by atoms with Crippen LogP contribution in [0.4, 0.5) is 0 Å². The van der Waals surface area contributed by atoms with Crippen LogP contribution in [-0.2, 0) is 0 Å². The van der Waals surface area contributed by atoms with Crippen LogP contribution in [0, 0.1) is 5.92 Å². The van der Waals surface area contributed by atoms with Gasteiger partial charge in [-0.15, -0.1) is 12.6 Å². The van der Waals surface area contributed by atoms with Gasteiger partial charge in [-0.05, 0) is 25.7 Å². The van der Waals surface area contributed by atoms with Gasteiger partial charge in [0.1, 0.15) is 4.32 Å². The minimum Gasteiger partial charge on any atom is -0.366 e. The number of rotatable bonds is 20. The fourth-order valence-corrected chi connectivity index (χ4v) is 4.95. The highest BCUT2D eigenvalue weighted by molar-refractivity contribution is 8.11. The molecule has 0 radical (unpaired) electrons. The molecule has 0 fully saturated rings. The first-order valence-electron chi connectivity index (χ1n) is 12.4. The van der Waals surface area contributed by atoms with E-state index in [9.17, 15) is 0 Å². The predicted octanol–water partition coefficient (Wildman–Crippen LogP) is 9.25. The first-order valence-corrected chi connectivity index (χ1v) is 13.3. The molecule has 0 heterocycles. The van der Waals surface area contributed by atoms with Crippen molar-refractivity contribution in [3.63, 3.8) is 0 Å². The van der Waals surface area contributed by atoms with Crippen molar-refractivity contribution >= 4 is 29.2 Å². The largest absolute Gasteiger partial charge is 0.366 e. The third kappa shape index (κ3) is 19.6. The van der Waals surface area contributed by atoms with Gasteiger partial charge in [-0.2, -0.15) is 0 Å². The van der Waals surface area contributed by atoms with Gasteiger partial charge in [-0.3, -0.25) is 0 Å². The lowest BCUT2D eigenvalue weighted by atomic mass is 9.86. The summed E-state index contributed by atoms with van der Waals surface area (Å²) in [6.07, 6.45) is 25.1. The van der Waals surface area contributed by atoms with Gasteiger partial charge in [0.2, 0.25) is 0 Å². The smallest absolute Gasteiger partial charge is 0.131 e. The van der Waals surface area contributed by atoms with Crippen molar-refractivity contribution in [3.8, 4) is 0 Å². The number of thiocarbonyl (C=S) groups is 1. The van der Waals surface area contributed by atoms with E-state index in [-0.39, 0.29) is 5.54 Å². The fraction of sp³-hybridized carbons (Fsp3) is 0.960. The number of nitrogens with one attached hydrogen (secondary N) is 1. The topological polar surface area (TPSA) is 12.0 Å². The molecule has 3 heteroatoms. The average Bonchev–Trinajstić information content (AvgIpc) is 2.60. The van der Waals surface area contributed by atoms with Crippen molar-refractivity contribution in [3.05, 3.63) is 0 Å². The molecule has 0 aliphatic heterocycles.